The molecular weight excluding hydrogens is 260 g/mol. The third-order valence-electron chi connectivity index (χ3n) is 3.29. The lowest BCUT2D eigenvalue weighted by Gasteiger charge is -2.18. The maximum Gasteiger partial charge on any atom is 0.148 e. The van der Waals surface area contributed by atoms with Gasteiger partial charge in [0.2, 0.25) is 0 Å². The van der Waals surface area contributed by atoms with Gasteiger partial charge in [0.15, 0.2) is 0 Å². The minimum Gasteiger partial charge on any atom is -0.319 e. The number of fused-ring (bicyclic) bond motifs is 1. The molecule has 1 aliphatic rings. The third-order valence-corrected chi connectivity index (χ3v) is 3.29. The summed E-state index contributed by atoms with van der Waals surface area (Å²) in [5.74, 6) is -0.930. The highest BCUT2D eigenvalue weighted by Crippen LogP contribution is 2.30. The predicted molar refractivity (Wildman–Crippen MR) is 70.5 cm³/mol. The fraction of sp³-hybridized carbons (Fsp3) is 0.0667. The van der Waals surface area contributed by atoms with E-state index >= 15 is 0 Å². The molecule has 1 N–H and O–H groups in total. The normalized spacial score (nSPS) is 13.2. The summed E-state index contributed by atoms with van der Waals surface area (Å²) in [4.78, 5) is 1.46. The smallest absolute Gasteiger partial charge is 0.148 e. The van der Waals surface area contributed by atoms with E-state index in [-0.39, 0.29) is 17.1 Å². The summed E-state index contributed by atoms with van der Waals surface area (Å²) in [5, 5.41) is 16.8. The zero-order chi connectivity index (χ0) is 14.3. The lowest BCUT2D eigenvalue weighted by molar-refractivity contribution is 0.625. The summed E-state index contributed by atoms with van der Waals surface area (Å²) in [5.41, 5.74) is 1.68. The van der Waals surface area contributed by atoms with E-state index in [2.05, 4.69) is 0 Å². The standard InChI is InChI=1S/C15H9F2N3/c16-11-3-2-10-8-20(15(19)12(10)6-11)14-4-1-9(7-18)5-13(14)17/h1-6,19H,8H2. The fourth-order valence-electron chi connectivity index (χ4n) is 2.30. The molecule has 3 rings (SSSR count). The molecule has 0 spiro atoms. The van der Waals surface area contributed by atoms with Gasteiger partial charge in [-0.25, -0.2) is 8.78 Å². The van der Waals surface area contributed by atoms with Crippen molar-refractivity contribution in [2.45, 2.75) is 6.54 Å². The molecule has 0 saturated heterocycles. The van der Waals surface area contributed by atoms with Crippen LogP contribution in [0.2, 0.25) is 0 Å². The van der Waals surface area contributed by atoms with Crippen molar-refractivity contribution in [3.8, 4) is 6.07 Å². The number of nitrogens with zero attached hydrogens (tertiary/aromatic N) is 2. The quantitative estimate of drug-likeness (QED) is 0.864. The first-order valence-electron chi connectivity index (χ1n) is 5.94. The Balaban J connectivity index is 2.03. The highest BCUT2D eigenvalue weighted by atomic mass is 19.1. The molecule has 0 aromatic heterocycles. The van der Waals surface area contributed by atoms with Gasteiger partial charge in [0, 0.05) is 5.56 Å². The van der Waals surface area contributed by atoms with Gasteiger partial charge in [0.25, 0.3) is 0 Å². The molecule has 5 heteroatoms. The van der Waals surface area contributed by atoms with Gasteiger partial charge in [0.05, 0.1) is 23.9 Å². The van der Waals surface area contributed by atoms with E-state index < -0.39 is 11.6 Å². The minimum atomic E-state index is -0.568. The van der Waals surface area contributed by atoms with Crippen molar-refractivity contribution >= 4 is 11.5 Å². The Bertz CT molecular complexity index is 762. The summed E-state index contributed by atoms with van der Waals surface area (Å²) in [6.07, 6.45) is 0. The summed E-state index contributed by atoms with van der Waals surface area (Å²) in [6.45, 7) is 0.317. The molecule has 0 aliphatic carbocycles. The number of hydrogen-bond donors (Lipinski definition) is 1. The molecule has 1 aliphatic heterocycles. The number of nitrogens with one attached hydrogen (secondary N) is 1. The van der Waals surface area contributed by atoms with Crippen LogP contribution in [0.25, 0.3) is 0 Å². The first kappa shape index (κ1) is 12.3. The largest absolute Gasteiger partial charge is 0.319 e. The number of nitriles is 1. The van der Waals surface area contributed by atoms with Gasteiger partial charge in [0.1, 0.15) is 17.5 Å². The van der Waals surface area contributed by atoms with E-state index in [0.717, 1.165) is 11.6 Å². The number of amidine groups is 1. The van der Waals surface area contributed by atoms with Crippen molar-refractivity contribution in [2.24, 2.45) is 0 Å². The number of rotatable bonds is 1. The van der Waals surface area contributed by atoms with Gasteiger partial charge in [-0.15, -0.1) is 0 Å². The van der Waals surface area contributed by atoms with Crippen LogP contribution >= 0.6 is 0 Å². The van der Waals surface area contributed by atoms with Crippen LogP contribution in [-0.4, -0.2) is 5.84 Å². The Morgan fingerprint density at radius 1 is 1.15 bits per heavy atom. The van der Waals surface area contributed by atoms with E-state index in [4.69, 9.17) is 10.7 Å². The number of hydrogen-bond acceptors (Lipinski definition) is 2. The molecule has 20 heavy (non-hydrogen) atoms. The van der Waals surface area contributed by atoms with Crippen molar-refractivity contribution in [1.29, 1.82) is 10.7 Å². The van der Waals surface area contributed by atoms with Crippen molar-refractivity contribution in [3.63, 3.8) is 0 Å². The van der Waals surface area contributed by atoms with E-state index in [9.17, 15) is 8.78 Å². The molecule has 0 saturated carbocycles. The van der Waals surface area contributed by atoms with Crippen LogP contribution < -0.4 is 4.90 Å². The molecule has 0 atom stereocenters. The highest BCUT2D eigenvalue weighted by Gasteiger charge is 2.27. The first-order chi connectivity index (χ1) is 9.60. The van der Waals surface area contributed by atoms with Gasteiger partial charge in [-0.3, -0.25) is 5.41 Å². The molecule has 0 amide bonds. The van der Waals surface area contributed by atoms with E-state index in [1.165, 1.54) is 29.2 Å². The zero-order valence-electron chi connectivity index (χ0n) is 10.3. The Kier molecular flexibility index (Phi) is 2.72. The first-order valence-corrected chi connectivity index (χ1v) is 5.94. The average molecular weight is 269 g/mol. The second-order valence-electron chi connectivity index (χ2n) is 4.51. The molecule has 0 unspecified atom stereocenters. The minimum absolute atomic E-state index is 0.0584. The molecule has 0 fully saturated rings. The summed E-state index contributed by atoms with van der Waals surface area (Å²) in [7, 11) is 0. The van der Waals surface area contributed by atoms with E-state index in [1.54, 1.807) is 6.07 Å². The van der Waals surface area contributed by atoms with Crippen molar-refractivity contribution in [2.75, 3.05) is 4.90 Å². The van der Waals surface area contributed by atoms with Crippen molar-refractivity contribution in [1.82, 2.24) is 0 Å². The fourth-order valence-corrected chi connectivity index (χ4v) is 2.30. The van der Waals surface area contributed by atoms with Crippen molar-refractivity contribution < 1.29 is 8.78 Å². The molecule has 2 aromatic rings. The Labute approximate surface area is 114 Å². The Morgan fingerprint density at radius 3 is 2.65 bits per heavy atom. The molecule has 3 nitrogen and oxygen atoms in total. The van der Waals surface area contributed by atoms with Gasteiger partial charge in [-0.2, -0.15) is 5.26 Å². The van der Waals surface area contributed by atoms with Crippen LogP contribution in [0.15, 0.2) is 36.4 Å². The third kappa shape index (κ3) is 1.82. The van der Waals surface area contributed by atoms with Crippen LogP contribution in [0.3, 0.4) is 0 Å². The summed E-state index contributed by atoms with van der Waals surface area (Å²) < 4.78 is 27.2. The van der Waals surface area contributed by atoms with Crippen LogP contribution in [0.5, 0.6) is 0 Å². The zero-order valence-corrected chi connectivity index (χ0v) is 10.3. The monoisotopic (exact) mass is 269 g/mol. The SMILES string of the molecule is N#Cc1ccc(N2Cc3ccc(F)cc3C2=N)c(F)c1. The van der Waals surface area contributed by atoms with Gasteiger partial charge in [-0.05, 0) is 35.9 Å². The molecule has 0 radical (unpaired) electrons. The van der Waals surface area contributed by atoms with Crippen LogP contribution in [-0.2, 0) is 6.54 Å². The maximum absolute atomic E-state index is 14.0. The predicted octanol–water partition coefficient (Wildman–Crippen LogP) is 3.18. The summed E-state index contributed by atoms with van der Waals surface area (Å²) >= 11 is 0. The highest BCUT2D eigenvalue weighted by molar-refractivity contribution is 6.11. The lowest BCUT2D eigenvalue weighted by Crippen LogP contribution is -2.24. The van der Waals surface area contributed by atoms with Gasteiger partial charge in [-0.1, -0.05) is 6.07 Å². The van der Waals surface area contributed by atoms with Crippen LogP contribution in [0, 0.1) is 28.4 Å². The summed E-state index contributed by atoms with van der Waals surface area (Å²) in [6, 6.07) is 10.1. The van der Waals surface area contributed by atoms with Crippen LogP contribution in [0.4, 0.5) is 14.5 Å². The Morgan fingerprint density at radius 2 is 1.95 bits per heavy atom. The van der Waals surface area contributed by atoms with Gasteiger partial charge >= 0.3 is 0 Å². The second kappa shape index (κ2) is 4.42. The van der Waals surface area contributed by atoms with Crippen molar-refractivity contribution in [3.05, 3.63) is 64.7 Å². The number of benzene rings is 2. The van der Waals surface area contributed by atoms with E-state index in [0.29, 0.717) is 12.1 Å². The van der Waals surface area contributed by atoms with Gasteiger partial charge < -0.3 is 4.90 Å². The molecule has 98 valence electrons. The molecular formula is C15H9F2N3. The number of anilines is 1. The second-order valence-corrected chi connectivity index (χ2v) is 4.51. The lowest BCUT2D eigenvalue weighted by atomic mass is 10.1. The molecule has 0 bridgehead atoms. The van der Waals surface area contributed by atoms with E-state index in [1.807, 2.05) is 6.07 Å². The molecule has 1 heterocycles. The maximum atomic E-state index is 14.0. The molecule has 2 aromatic carbocycles. The topological polar surface area (TPSA) is 50.9 Å². The Hall–Kier alpha value is -2.74. The van der Waals surface area contributed by atoms with Crippen LogP contribution in [0.1, 0.15) is 16.7 Å². The average Bonchev–Trinajstić information content (AvgIpc) is 2.76. The number of halogens is 2.